The maximum absolute atomic E-state index is 12.9. The quantitative estimate of drug-likeness (QED) is 0.574. The lowest BCUT2D eigenvalue weighted by molar-refractivity contribution is -0.137. The number of hydrogen-bond acceptors (Lipinski definition) is 4. The number of fused-ring (bicyclic) bond motifs is 1. The van der Waals surface area contributed by atoms with Crippen molar-refractivity contribution in [3.05, 3.63) is 53.1 Å². The van der Waals surface area contributed by atoms with Crippen molar-refractivity contribution in [2.75, 3.05) is 13.4 Å². The molecule has 7 heteroatoms. The van der Waals surface area contributed by atoms with Gasteiger partial charge in [0.2, 0.25) is 6.79 Å². The highest BCUT2D eigenvalue weighted by atomic mass is 19.4. The highest BCUT2D eigenvalue weighted by Gasteiger charge is 2.30. The molecule has 3 rings (SSSR count). The molecule has 0 radical (unpaired) electrons. The lowest BCUT2D eigenvalue weighted by Gasteiger charge is -2.10. The summed E-state index contributed by atoms with van der Waals surface area (Å²) in [4.78, 5) is 0. The van der Waals surface area contributed by atoms with E-state index in [9.17, 15) is 18.4 Å². The molecule has 4 nitrogen and oxygen atoms in total. The molecule has 2 aromatic carbocycles. The number of alkyl halides is 3. The fraction of sp³-hybridized carbons (Fsp3) is 0.211. The molecule has 0 N–H and O–H groups in total. The van der Waals surface area contributed by atoms with Crippen LogP contribution in [-0.4, -0.2) is 13.4 Å². The average Bonchev–Trinajstić information content (AvgIpc) is 3.06. The summed E-state index contributed by atoms with van der Waals surface area (Å²) >= 11 is 0. The van der Waals surface area contributed by atoms with Crippen molar-refractivity contribution < 1.29 is 27.4 Å². The van der Waals surface area contributed by atoms with E-state index in [1.54, 1.807) is 19.1 Å². The molecule has 0 saturated heterocycles. The van der Waals surface area contributed by atoms with E-state index < -0.39 is 11.7 Å². The van der Waals surface area contributed by atoms with E-state index in [4.69, 9.17) is 14.2 Å². The molecule has 0 aliphatic carbocycles. The number of benzene rings is 2. The van der Waals surface area contributed by atoms with Gasteiger partial charge in [-0.2, -0.15) is 18.4 Å². The summed E-state index contributed by atoms with van der Waals surface area (Å²) < 4.78 is 54.9. The van der Waals surface area contributed by atoms with Crippen molar-refractivity contribution in [1.82, 2.24) is 0 Å². The van der Waals surface area contributed by atoms with E-state index in [1.165, 1.54) is 18.2 Å². The van der Waals surface area contributed by atoms with E-state index in [0.717, 1.165) is 12.1 Å². The van der Waals surface area contributed by atoms with Crippen molar-refractivity contribution >= 4 is 11.6 Å². The van der Waals surface area contributed by atoms with Crippen LogP contribution in [0.4, 0.5) is 13.2 Å². The summed E-state index contributed by atoms with van der Waals surface area (Å²) in [7, 11) is 0. The van der Waals surface area contributed by atoms with Gasteiger partial charge in [0.1, 0.15) is 5.75 Å². The van der Waals surface area contributed by atoms with E-state index in [0.29, 0.717) is 29.4 Å². The summed E-state index contributed by atoms with van der Waals surface area (Å²) in [5.41, 5.74) is -0.0460. The van der Waals surface area contributed by atoms with Gasteiger partial charge < -0.3 is 14.2 Å². The highest BCUT2D eigenvalue weighted by molar-refractivity contribution is 5.91. The molecule has 0 fully saturated rings. The Hall–Kier alpha value is -3.14. The molecule has 1 heterocycles. The van der Waals surface area contributed by atoms with Crippen molar-refractivity contribution in [3.8, 4) is 23.3 Å². The van der Waals surface area contributed by atoms with Crippen LogP contribution in [-0.2, 0) is 6.18 Å². The third-order valence-corrected chi connectivity index (χ3v) is 3.73. The third-order valence-electron chi connectivity index (χ3n) is 3.73. The molecule has 1 aliphatic heterocycles. The Morgan fingerprint density at radius 3 is 2.62 bits per heavy atom. The summed E-state index contributed by atoms with van der Waals surface area (Å²) in [5.74, 6) is 1.46. The van der Waals surface area contributed by atoms with E-state index in [2.05, 4.69) is 0 Å². The fourth-order valence-corrected chi connectivity index (χ4v) is 2.53. The molecule has 0 spiro atoms. The minimum Gasteiger partial charge on any atom is -0.493 e. The topological polar surface area (TPSA) is 51.5 Å². The smallest absolute Gasteiger partial charge is 0.416 e. The van der Waals surface area contributed by atoms with Crippen LogP contribution in [0.15, 0.2) is 36.4 Å². The normalized spacial score (nSPS) is 13.4. The Morgan fingerprint density at radius 1 is 1.23 bits per heavy atom. The summed E-state index contributed by atoms with van der Waals surface area (Å²) in [5, 5.41) is 9.45. The van der Waals surface area contributed by atoms with Crippen molar-refractivity contribution in [1.29, 1.82) is 5.26 Å². The Kier molecular flexibility index (Phi) is 4.76. The molecule has 1 aliphatic rings. The number of rotatable bonds is 4. The third kappa shape index (κ3) is 3.59. The molecule has 134 valence electrons. The maximum atomic E-state index is 12.9. The number of nitrogens with zero attached hydrogens (tertiary/aromatic N) is 1. The predicted molar refractivity (Wildman–Crippen MR) is 88.7 cm³/mol. The van der Waals surface area contributed by atoms with Crippen molar-refractivity contribution in [2.24, 2.45) is 0 Å². The summed E-state index contributed by atoms with van der Waals surface area (Å²) in [6.45, 7) is 2.26. The second-order valence-corrected chi connectivity index (χ2v) is 5.42. The predicted octanol–water partition coefficient (Wildman–Crippen LogP) is 4.90. The molecule has 0 atom stereocenters. The van der Waals surface area contributed by atoms with Gasteiger partial charge in [-0.05, 0) is 36.8 Å². The minimum atomic E-state index is -4.48. The van der Waals surface area contributed by atoms with Gasteiger partial charge in [0.05, 0.1) is 23.8 Å². The summed E-state index contributed by atoms with van der Waals surface area (Å²) in [6.07, 6.45) is -3.01. The second-order valence-electron chi connectivity index (χ2n) is 5.42. The van der Waals surface area contributed by atoms with E-state index in [1.807, 2.05) is 6.07 Å². The van der Waals surface area contributed by atoms with Gasteiger partial charge in [0.25, 0.3) is 0 Å². The van der Waals surface area contributed by atoms with Gasteiger partial charge in [0, 0.05) is 11.6 Å². The van der Waals surface area contributed by atoms with Crippen LogP contribution in [0.25, 0.3) is 11.6 Å². The molecule has 2 aromatic rings. The van der Waals surface area contributed by atoms with Crippen LogP contribution >= 0.6 is 0 Å². The first kappa shape index (κ1) is 17.7. The maximum Gasteiger partial charge on any atom is 0.416 e. The molecular formula is C19H14F3NO3. The van der Waals surface area contributed by atoms with Gasteiger partial charge in [0.15, 0.2) is 11.5 Å². The zero-order valence-corrected chi connectivity index (χ0v) is 13.8. The van der Waals surface area contributed by atoms with Crippen LogP contribution in [0.2, 0.25) is 0 Å². The highest BCUT2D eigenvalue weighted by Crippen LogP contribution is 2.40. The van der Waals surface area contributed by atoms with Gasteiger partial charge >= 0.3 is 6.18 Å². The fourth-order valence-electron chi connectivity index (χ4n) is 2.53. The minimum absolute atomic E-state index is 0.0762. The number of hydrogen-bond donors (Lipinski definition) is 0. The molecule has 0 saturated carbocycles. The second kappa shape index (κ2) is 7.00. The van der Waals surface area contributed by atoms with Crippen molar-refractivity contribution in [2.45, 2.75) is 13.1 Å². The average molecular weight is 361 g/mol. The van der Waals surface area contributed by atoms with Crippen LogP contribution in [0.5, 0.6) is 17.2 Å². The number of halogens is 3. The van der Waals surface area contributed by atoms with Crippen LogP contribution in [0.3, 0.4) is 0 Å². The summed E-state index contributed by atoms with van der Waals surface area (Å²) in [6, 6.07) is 9.86. The Balaban J connectivity index is 2.06. The van der Waals surface area contributed by atoms with Gasteiger partial charge in [-0.3, -0.25) is 0 Å². The first-order valence-corrected chi connectivity index (χ1v) is 7.78. The molecule has 0 bridgehead atoms. The number of nitriles is 1. The lowest BCUT2D eigenvalue weighted by atomic mass is 10.0. The molecule has 0 unspecified atom stereocenters. The molecule has 0 amide bonds. The van der Waals surface area contributed by atoms with Crippen LogP contribution in [0.1, 0.15) is 23.6 Å². The van der Waals surface area contributed by atoms with Gasteiger partial charge in [-0.25, -0.2) is 0 Å². The SMILES string of the molecule is CCOc1cc2c(cc1C=C(C#N)c1cccc(C(F)(F)F)c1)OCO2. The largest absolute Gasteiger partial charge is 0.493 e. The monoisotopic (exact) mass is 361 g/mol. The zero-order valence-electron chi connectivity index (χ0n) is 13.8. The molecule has 26 heavy (non-hydrogen) atoms. The number of allylic oxidation sites excluding steroid dienone is 1. The van der Waals surface area contributed by atoms with Crippen LogP contribution in [0, 0.1) is 11.3 Å². The Bertz CT molecular complexity index is 898. The van der Waals surface area contributed by atoms with E-state index >= 15 is 0 Å². The Labute approximate surface area is 148 Å². The zero-order chi connectivity index (χ0) is 18.7. The lowest BCUT2D eigenvalue weighted by Crippen LogP contribution is -2.05. The molecular weight excluding hydrogens is 347 g/mol. The van der Waals surface area contributed by atoms with E-state index in [-0.39, 0.29) is 17.9 Å². The van der Waals surface area contributed by atoms with Crippen LogP contribution < -0.4 is 14.2 Å². The van der Waals surface area contributed by atoms with Crippen molar-refractivity contribution in [3.63, 3.8) is 0 Å². The molecule has 0 aromatic heterocycles. The first-order chi connectivity index (χ1) is 12.4. The Morgan fingerprint density at radius 2 is 1.96 bits per heavy atom. The standard InChI is InChI=1S/C19H14F3NO3/c1-2-24-16-9-18-17(25-11-26-18)8-13(16)6-14(10-23)12-4-3-5-15(7-12)19(20,21)22/h3-9H,2,11H2,1H3. The first-order valence-electron chi connectivity index (χ1n) is 7.78. The van der Waals surface area contributed by atoms with Gasteiger partial charge in [-0.15, -0.1) is 0 Å². The number of ether oxygens (including phenoxy) is 3. The van der Waals surface area contributed by atoms with Gasteiger partial charge in [-0.1, -0.05) is 12.1 Å².